The maximum Gasteiger partial charge on any atom is 0.250 e. The summed E-state index contributed by atoms with van der Waals surface area (Å²) in [6.07, 6.45) is 3.28. The number of morpholine rings is 1. The van der Waals surface area contributed by atoms with Crippen molar-refractivity contribution >= 4 is 11.8 Å². The summed E-state index contributed by atoms with van der Waals surface area (Å²) in [4.78, 5) is 25.5. The molecule has 1 aliphatic carbocycles. The molecule has 0 aromatic heterocycles. The minimum atomic E-state index is -0.575. The Kier molecular flexibility index (Phi) is 5.37. The Morgan fingerprint density at radius 2 is 2.10 bits per heavy atom. The van der Waals surface area contributed by atoms with Crippen LogP contribution in [0, 0.1) is 5.92 Å². The summed E-state index contributed by atoms with van der Waals surface area (Å²) in [7, 11) is 1.56. The van der Waals surface area contributed by atoms with Crippen LogP contribution < -0.4 is 5.32 Å². The number of ether oxygens (including phenoxy) is 1. The van der Waals surface area contributed by atoms with Crippen LogP contribution in [0.25, 0.3) is 0 Å². The quantitative estimate of drug-likeness (QED) is 0.758. The van der Waals surface area contributed by atoms with E-state index in [-0.39, 0.29) is 23.8 Å². The fourth-order valence-electron chi connectivity index (χ4n) is 2.98. The maximum atomic E-state index is 12.3. The second-order valence-electron chi connectivity index (χ2n) is 5.63. The van der Waals surface area contributed by atoms with Crippen molar-refractivity contribution in [2.24, 2.45) is 5.92 Å². The van der Waals surface area contributed by atoms with E-state index in [4.69, 9.17) is 4.74 Å². The highest BCUT2D eigenvalue weighted by Gasteiger charge is 2.31. The van der Waals surface area contributed by atoms with Gasteiger partial charge in [-0.05, 0) is 18.8 Å². The minimum Gasteiger partial charge on any atom is -0.393 e. The highest BCUT2D eigenvalue weighted by molar-refractivity contribution is 5.82. The molecule has 1 unspecified atom stereocenters. The van der Waals surface area contributed by atoms with Crippen LogP contribution >= 0.6 is 0 Å². The molecule has 0 radical (unpaired) electrons. The number of aliphatic hydroxyl groups excluding tert-OH is 1. The van der Waals surface area contributed by atoms with Gasteiger partial charge in [0.1, 0.15) is 0 Å². The van der Waals surface area contributed by atoms with Gasteiger partial charge in [-0.1, -0.05) is 12.8 Å². The molecule has 0 spiro atoms. The van der Waals surface area contributed by atoms with Crippen LogP contribution in [-0.4, -0.2) is 60.8 Å². The lowest BCUT2D eigenvalue weighted by molar-refractivity contribution is -0.148. The average Bonchev–Trinajstić information content (AvgIpc) is 2.49. The number of amides is 2. The molecule has 1 heterocycles. The number of hydrogen-bond donors (Lipinski definition) is 2. The van der Waals surface area contributed by atoms with E-state index in [2.05, 4.69) is 5.32 Å². The summed E-state index contributed by atoms with van der Waals surface area (Å²) in [5.41, 5.74) is 0. The molecular weight excluding hydrogens is 260 g/mol. The molecule has 114 valence electrons. The van der Waals surface area contributed by atoms with Gasteiger partial charge < -0.3 is 20.1 Å². The zero-order valence-corrected chi connectivity index (χ0v) is 12.0. The molecule has 2 amide bonds. The zero-order valence-electron chi connectivity index (χ0n) is 12.0. The highest BCUT2D eigenvalue weighted by Crippen LogP contribution is 2.27. The van der Waals surface area contributed by atoms with Crippen molar-refractivity contribution in [3.05, 3.63) is 0 Å². The number of nitrogens with one attached hydrogen (secondary N) is 1. The molecule has 0 bridgehead atoms. The molecule has 6 nitrogen and oxygen atoms in total. The third kappa shape index (κ3) is 3.70. The van der Waals surface area contributed by atoms with Crippen LogP contribution in [0.1, 0.15) is 32.1 Å². The van der Waals surface area contributed by atoms with Gasteiger partial charge in [0, 0.05) is 20.0 Å². The van der Waals surface area contributed by atoms with Crippen LogP contribution in [0.15, 0.2) is 0 Å². The number of aliphatic hydroxyl groups is 1. The molecule has 2 fully saturated rings. The van der Waals surface area contributed by atoms with Crippen molar-refractivity contribution in [3.8, 4) is 0 Å². The number of carbonyl (C=O) groups excluding carboxylic acids is 2. The lowest BCUT2D eigenvalue weighted by atomic mass is 9.84. The molecule has 20 heavy (non-hydrogen) atoms. The van der Waals surface area contributed by atoms with Gasteiger partial charge in [-0.25, -0.2) is 0 Å². The monoisotopic (exact) mass is 284 g/mol. The summed E-state index contributed by atoms with van der Waals surface area (Å²) in [5, 5.41) is 12.5. The van der Waals surface area contributed by atoms with E-state index < -0.39 is 6.10 Å². The molecule has 2 rings (SSSR count). The first kappa shape index (κ1) is 15.3. The lowest BCUT2D eigenvalue weighted by Gasteiger charge is -2.34. The minimum absolute atomic E-state index is 0.0214. The second kappa shape index (κ2) is 7.04. The molecule has 0 aromatic carbocycles. The first-order valence-corrected chi connectivity index (χ1v) is 7.41. The van der Waals surface area contributed by atoms with Crippen molar-refractivity contribution in [3.63, 3.8) is 0 Å². The molecular formula is C14H24N2O4. The van der Waals surface area contributed by atoms with Crippen LogP contribution in [-0.2, 0) is 14.3 Å². The van der Waals surface area contributed by atoms with Gasteiger partial charge in [0.15, 0.2) is 6.10 Å². The summed E-state index contributed by atoms with van der Waals surface area (Å²) >= 11 is 0. The number of carbonyl (C=O) groups is 2. The smallest absolute Gasteiger partial charge is 0.250 e. The van der Waals surface area contributed by atoms with E-state index >= 15 is 0 Å². The van der Waals surface area contributed by atoms with E-state index in [9.17, 15) is 14.7 Å². The normalized spacial score (nSPS) is 30.9. The van der Waals surface area contributed by atoms with Crippen molar-refractivity contribution < 1.29 is 19.4 Å². The first-order chi connectivity index (χ1) is 9.61. The lowest BCUT2D eigenvalue weighted by Crippen LogP contribution is -2.51. The fourth-order valence-corrected chi connectivity index (χ4v) is 2.98. The van der Waals surface area contributed by atoms with Gasteiger partial charge in [-0.15, -0.1) is 0 Å². The van der Waals surface area contributed by atoms with Crippen LogP contribution in [0.4, 0.5) is 0 Å². The Hall–Kier alpha value is -1.14. The van der Waals surface area contributed by atoms with Gasteiger partial charge >= 0.3 is 0 Å². The summed E-state index contributed by atoms with van der Waals surface area (Å²) < 4.78 is 5.37. The highest BCUT2D eigenvalue weighted by atomic mass is 16.5. The molecule has 2 aliphatic rings. The molecule has 6 heteroatoms. The average molecular weight is 284 g/mol. The van der Waals surface area contributed by atoms with Crippen LogP contribution in [0.5, 0.6) is 0 Å². The predicted octanol–water partition coefficient (Wildman–Crippen LogP) is -0.0990. The number of rotatable bonds is 3. The first-order valence-electron chi connectivity index (χ1n) is 7.41. The number of likely N-dealkylation sites (N-methyl/N-ethyl adjacent to an activating group) is 1. The topological polar surface area (TPSA) is 78.9 Å². The Balaban J connectivity index is 1.86. The third-order valence-electron chi connectivity index (χ3n) is 4.26. The van der Waals surface area contributed by atoms with E-state index in [0.29, 0.717) is 26.1 Å². The number of hydrogen-bond acceptors (Lipinski definition) is 4. The Morgan fingerprint density at radius 1 is 1.35 bits per heavy atom. The van der Waals surface area contributed by atoms with Gasteiger partial charge in [0.25, 0.3) is 5.91 Å². The van der Waals surface area contributed by atoms with Crippen molar-refractivity contribution in [1.82, 2.24) is 10.2 Å². The standard InChI is InChI=1S/C14H24N2O4/c1-15-14(19)12-9-16(6-7-20-12)13(18)8-10-4-2-3-5-11(10)17/h10-12,17H,2-9H2,1H3,(H,15,19)/t10-,11+,12?/m0/s1. The predicted molar refractivity (Wildman–Crippen MR) is 73.0 cm³/mol. The summed E-state index contributed by atoms with van der Waals surface area (Å²) in [5.74, 6) is -0.106. The zero-order chi connectivity index (χ0) is 14.5. The van der Waals surface area contributed by atoms with E-state index in [1.165, 1.54) is 0 Å². The number of nitrogens with zero attached hydrogens (tertiary/aromatic N) is 1. The molecule has 1 saturated carbocycles. The van der Waals surface area contributed by atoms with Gasteiger partial charge in [0.05, 0.1) is 19.3 Å². The SMILES string of the molecule is CNC(=O)C1CN(C(=O)C[C@@H]2CCCC[C@H]2O)CCO1. The van der Waals surface area contributed by atoms with Crippen molar-refractivity contribution in [2.75, 3.05) is 26.7 Å². The fraction of sp³-hybridized carbons (Fsp3) is 0.857. The molecule has 2 N–H and O–H groups in total. The van der Waals surface area contributed by atoms with Crippen molar-refractivity contribution in [2.45, 2.75) is 44.3 Å². The molecule has 1 aliphatic heterocycles. The molecule has 0 aromatic rings. The van der Waals surface area contributed by atoms with Gasteiger partial charge in [-0.2, -0.15) is 0 Å². The maximum absolute atomic E-state index is 12.3. The van der Waals surface area contributed by atoms with E-state index in [1.54, 1.807) is 11.9 Å². The van der Waals surface area contributed by atoms with Crippen molar-refractivity contribution in [1.29, 1.82) is 0 Å². The molecule has 1 saturated heterocycles. The van der Waals surface area contributed by atoms with Gasteiger partial charge in [-0.3, -0.25) is 9.59 Å². The summed E-state index contributed by atoms with van der Waals surface area (Å²) in [6.45, 7) is 1.22. The van der Waals surface area contributed by atoms with E-state index in [0.717, 1.165) is 25.7 Å². The Labute approximate surface area is 119 Å². The summed E-state index contributed by atoms with van der Waals surface area (Å²) in [6, 6.07) is 0. The second-order valence-corrected chi connectivity index (χ2v) is 5.63. The Bertz CT molecular complexity index is 361. The van der Waals surface area contributed by atoms with Crippen LogP contribution in [0.2, 0.25) is 0 Å². The third-order valence-corrected chi connectivity index (χ3v) is 4.26. The van der Waals surface area contributed by atoms with E-state index in [1.807, 2.05) is 0 Å². The van der Waals surface area contributed by atoms with Gasteiger partial charge in [0.2, 0.25) is 5.91 Å². The Morgan fingerprint density at radius 3 is 2.80 bits per heavy atom. The molecule has 3 atom stereocenters. The largest absolute Gasteiger partial charge is 0.393 e. The van der Waals surface area contributed by atoms with Crippen LogP contribution in [0.3, 0.4) is 0 Å².